The number of hydrogen-bond acceptors (Lipinski definition) is 6. The molecule has 0 saturated heterocycles. The van der Waals surface area contributed by atoms with Gasteiger partial charge in [-0.05, 0) is 54.0 Å². The van der Waals surface area contributed by atoms with E-state index in [1.807, 2.05) is 24.5 Å². The first-order valence-electron chi connectivity index (χ1n) is 9.96. The molecule has 1 aliphatic carbocycles. The number of carbonyl (C=O) groups is 1. The Labute approximate surface area is 186 Å². The highest BCUT2D eigenvalue weighted by Crippen LogP contribution is 2.50. The zero-order valence-corrected chi connectivity index (χ0v) is 19.1. The van der Waals surface area contributed by atoms with Crippen molar-refractivity contribution in [3.63, 3.8) is 0 Å². The zero-order chi connectivity index (χ0) is 22.5. The van der Waals surface area contributed by atoms with E-state index < -0.39 is 0 Å². The highest BCUT2D eigenvalue weighted by atomic mass is 32.2. The Bertz CT molecular complexity index is 1070. The Morgan fingerprint density at radius 3 is 2.61 bits per heavy atom. The van der Waals surface area contributed by atoms with Gasteiger partial charge in [0.2, 0.25) is 11.7 Å². The van der Waals surface area contributed by atoms with Gasteiger partial charge in [-0.3, -0.25) is 9.59 Å². The maximum atomic E-state index is 12.8. The minimum Gasteiger partial charge on any atom is -0.492 e. The number of rotatable bonds is 7. The molecule has 164 valence electrons. The van der Waals surface area contributed by atoms with Crippen LogP contribution in [0.15, 0.2) is 46.6 Å². The molecule has 0 fully saturated rings. The van der Waals surface area contributed by atoms with Crippen LogP contribution in [0.25, 0.3) is 11.1 Å². The number of aryl methyl sites for hydroxylation is 1. The van der Waals surface area contributed by atoms with E-state index in [2.05, 4.69) is 11.9 Å². The summed E-state index contributed by atoms with van der Waals surface area (Å²) in [5, 5.41) is 3.01. The number of methoxy groups -OCH3 is 2. The average molecular weight is 442 g/mol. The van der Waals surface area contributed by atoms with Crippen molar-refractivity contribution < 1.29 is 19.0 Å². The van der Waals surface area contributed by atoms with Gasteiger partial charge in [-0.1, -0.05) is 18.7 Å². The van der Waals surface area contributed by atoms with Crippen LogP contribution in [0.5, 0.6) is 17.2 Å². The van der Waals surface area contributed by atoms with E-state index >= 15 is 0 Å². The van der Waals surface area contributed by atoms with Gasteiger partial charge in [-0.2, -0.15) is 0 Å². The number of ether oxygens (including phenoxy) is 3. The van der Waals surface area contributed by atoms with Crippen molar-refractivity contribution in [3.05, 3.63) is 58.3 Å². The van der Waals surface area contributed by atoms with Crippen LogP contribution in [-0.4, -0.2) is 33.0 Å². The molecule has 6 nitrogen and oxygen atoms in total. The second-order valence-corrected chi connectivity index (χ2v) is 7.99. The fourth-order valence-corrected chi connectivity index (χ4v) is 4.43. The molecule has 0 aromatic heterocycles. The second kappa shape index (κ2) is 9.92. The molecular formula is C24H27NO5S. The number of hydrogen-bond donors (Lipinski definition) is 1. The molecule has 2 aromatic rings. The van der Waals surface area contributed by atoms with Crippen LogP contribution < -0.4 is 25.0 Å². The van der Waals surface area contributed by atoms with Crippen LogP contribution in [0.2, 0.25) is 0 Å². The number of nitrogens with one attached hydrogen (secondary N) is 1. The van der Waals surface area contributed by atoms with Crippen molar-refractivity contribution in [1.29, 1.82) is 0 Å². The molecule has 0 aliphatic heterocycles. The summed E-state index contributed by atoms with van der Waals surface area (Å²) in [6.07, 6.45) is 4.83. The third-order valence-corrected chi connectivity index (χ3v) is 6.01. The van der Waals surface area contributed by atoms with Crippen molar-refractivity contribution in [2.75, 3.05) is 27.1 Å². The minimum absolute atomic E-state index is 0.0792. The third-order valence-electron chi connectivity index (χ3n) is 5.23. The lowest BCUT2D eigenvalue weighted by atomic mass is 9.95. The van der Waals surface area contributed by atoms with Gasteiger partial charge in [0.25, 0.3) is 0 Å². The molecule has 0 bridgehead atoms. The predicted molar refractivity (Wildman–Crippen MR) is 124 cm³/mol. The van der Waals surface area contributed by atoms with Crippen LogP contribution in [0.1, 0.15) is 30.5 Å². The first kappa shape index (κ1) is 22.7. The molecule has 3 rings (SSSR count). The largest absolute Gasteiger partial charge is 0.492 e. The van der Waals surface area contributed by atoms with E-state index in [0.29, 0.717) is 41.6 Å². The Kier molecular flexibility index (Phi) is 7.28. The highest BCUT2D eigenvalue weighted by Gasteiger charge is 2.29. The molecule has 31 heavy (non-hydrogen) atoms. The summed E-state index contributed by atoms with van der Waals surface area (Å²) < 4.78 is 17.3. The maximum absolute atomic E-state index is 12.8. The molecule has 1 N–H and O–H groups in total. The quantitative estimate of drug-likeness (QED) is 0.514. The van der Waals surface area contributed by atoms with Crippen molar-refractivity contribution in [2.24, 2.45) is 0 Å². The van der Waals surface area contributed by atoms with Gasteiger partial charge in [-0.25, -0.2) is 0 Å². The van der Waals surface area contributed by atoms with Crippen LogP contribution in [0.3, 0.4) is 0 Å². The van der Waals surface area contributed by atoms with E-state index in [9.17, 15) is 9.59 Å². The van der Waals surface area contributed by atoms with Crippen molar-refractivity contribution in [2.45, 2.75) is 30.7 Å². The lowest BCUT2D eigenvalue weighted by Crippen LogP contribution is -2.26. The van der Waals surface area contributed by atoms with E-state index in [1.54, 1.807) is 26.4 Å². The summed E-state index contributed by atoms with van der Waals surface area (Å²) >= 11 is 1.39. The van der Waals surface area contributed by atoms with Crippen LogP contribution in [-0.2, 0) is 11.2 Å². The van der Waals surface area contributed by atoms with E-state index in [4.69, 9.17) is 14.2 Å². The molecule has 0 saturated carbocycles. The molecule has 1 unspecified atom stereocenters. The summed E-state index contributed by atoms with van der Waals surface area (Å²) in [5.74, 6) is 1.43. The van der Waals surface area contributed by atoms with Crippen LogP contribution >= 0.6 is 11.8 Å². The van der Waals surface area contributed by atoms with Gasteiger partial charge in [0.05, 0.1) is 25.2 Å². The number of fused-ring (bicyclic) bond motifs is 3. The molecule has 1 atom stereocenters. The van der Waals surface area contributed by atoms with Gasteiger partial charge >= 0.3 is 0 Å². The molecule has 2 aromatic carbocycles. The molecule has 1 aliphatic rings. The molecule has 0 radical (unpaired) electrons. The normalized spacial score (nSPS) is 14.5. The Hall–Kier alpha value is -2.93. The van der Waals surface area contributed by atoms with Gasteiger partial charge in [0.1, 0.15) is 6.61 Å². The lowest BCUT2D eigenvalue weighted by molar-refractivity contribution is -0.119. The Morgan fingerprint density at radius 1 is 1.26 bits per heavy atom. The second-order valence-electron chi connectivity index (χ2n) is 7.15. The Balaban J connectivity index is 2.37. The fourth-order valence-electron chi connectivity index (χ4n) is 3.97. The molecule has 7 heteroatoms. The minimum atomic E-state index is -0.303. The maximum Gasteiger partial charge on any atom is 0.217 e. The summed E-state index contributed by atoms with van der Waals surface area (Å²) in [5.41, 5.74) is 3.35. The summed E-state index contributed by atoms with van der Waals surface area (Å²) in [4.78, 5) is 25.4. The third kappa shape index (κ3) is 4.56. The average Bonchev–Trinajstić information content (AvgIpc) is 2.99. The molecule has 0 spiro atoms. The van der Waals surface area contributed by atoms with Gasteiger partial charge in [-0.15, -0.1) is 11.8 Å². The first-order chi connectivity index (χ1) is 14.9. The zero-order valence-electron chi connectivity index (χ0n) is 18.2. The Morgan fingerprint density at radius 2 is 2.00 bits per heavy atom. The topological polar surface area (TPSA) is 73.9 Å². The number of carbonyl (C=O) groups excluding carboxylic acids is 1. The van der Waals surface area contributed by atoms with Crippen molar-refractivity contribution >= 4 is 17.7 Å². The predicted octanol–water partition coefficient (Wildman–Crippen LogP) is 4.14. The molecular weight excluding hydrogens is 414 g/mol. The molecule has 0 heterocycles. The van der Waals surface area contributed by atoms with Gasteiger partial charge in [0.15, 0.2) is 16.9 Å². The highest BCUT2D eigenvalue weighted by molar-refractivity contribution is 7.98. The van der Waals surface area contributed by atoms with Crippen molar-refractivity contribution in [1.82, 2.24) is 5.32 Å². The SMILES string of the molecule is C=CCOc1cc2c(c(OC)c1OC)-c1ccc(SC)c(=O)cc1C(NC(C)=O)CC2. The number of thioether (sulfide) groups is 1. The monoisotopic (exact) mass is 441 g/mol. The number of amides is 1. The lowest BCUT2D eigenvalue weighted by Gasteiger charge is -2.20. The first-order valence-corrected chi connectivity index (χ1v) is 11.2. The van der Waals surface area contributed by atoms with E-state index in [-0.39, 0.29) is 17.4 Å². The fraction of sp³-hybridized carbons (Fsp3) is 0.333. The van der Waals surface area contributed by atoms with Crippen LogP contribution in [0, 0.1) is 0 Å². The summed E-state index contributed by atoms with van der Waals surface area (Å²) in [6, 6.07) is 7.02. The van der Waals surface area contributed by atoms with Crippen LogP contribution in [0.4, 0.5) is 0 Å². The smallest absolute Gasteiger partial charge is 0.217 e. The summed E-state index contributed by atoms with van der Waals surface area (Å²) in [6.45, 7) is 5.52. The van der Waals surface area contributed by atoms with Gasteiger partial charge in [0, 0.05) is 12.5 Å². The molecule has 1 amide bonds. The van der Waals surface area contributed by atoms with E-state index in [0.717, 1.165) is 22.3 Å². The number of benzene rings is 1. The standard InChI is InChI=1S/C24H27NO5S/c1-6-11-30-20-12-15-7-9-18(25-14(2)26)17-13-19(27)21(31-5)10-8-16(17)22(15)24(29-4)23(20)28-3/h6,8,10,12-13,18H,1,7,9,11H2,2-5H3,(H,25,26). The summed E-state index contributed by atoms with van der Waals surface area (Å²) in [7, 11) is 3.15. The van der Waals surface area contributed by atoms with Crippen molar-refractivity contribution in [3.8, 4) is 28.4 Å². The van der Waals surface area contributed by atoms with E-state index in [1.165, 1.54) is 18.7 Å². The van der Waals surface area contributed by atoms with Gasteiger partial charge < -0.3 is 19.5 Å².